The van der Waals surface area contributed by atoms with E-state index in [1.807, 2.05) is 13.0 Å². The van der Waals surface area contributed by atoms with E-state index < -0.39 is 23.5 Å². The van der Waals surface area contributed by atoms with Gasteiger partial charge in [0.25, 0.3) is 5.91 Å². The van der Waals surface area contributed by atoms with Crippen molar-refractivity contribution in [2.45, 2.75) is 13.0 Å². The van der Waals surface area contributed by atoms with Crippen LogP contribution in [0.4, 0.5) is 5.69 Å². The molecular weight excluding hydrogens is 472 g/mol. The third-order valence-electron chi connectivity index (χ3n) is 6.30. The van der Waals surface area contributed by atoms with Crippen LogP contribution in [0.5, 0.6) is 11.5 Å². The Morgan fingerprint density at radius 1 is 0.973 bits per heavy atom. The van der Waals surface area contributed by atoms with Crippen LogP contribution >= 0.6 is 0 Å². The first-order valence-electron chi connectivity index (χ1n) is 11.5. The van der Waals surface area contributed by atoms with Gasteiger partial charge in [0.15, 0.2) is 17.3 Å². The summed E-state index contributed by atoms with van der Waals surface area (Å²) in [4.78, 5) is 28.6. The van der Waals surface area contributed by atoms with E-state index in [0.717, 1.165) is 11.3 Å². The number of hydrogen-bond acceptors (Lipinski definition) is 7. The van der Waals surface area contributed by atoms with Gasteiger partial charge < -0.3 is 19.1 Å². The Labute approximate surface area is 213 Å². The van der Waals surface area contributed by atoms with E-state index in [4.69, 9.17) is 14.0 Å². The minimum absolute atomic E-state index is 0.0328. The smallest absolute Gasteiger partial charge is 0.294 e. The minimum atomic E-state index is -0.920. The Hall–Kier alpha value is -4.85. The van der Waals surface area contributed by atoms with E-state index in [9.17, 15) is 14.7 Å². The maximum Gasteiger partial charge on any atom is 0.294 e. The zero-order chi connectivity index (χ0) is 26.1. The van der Waals surface area contributed by atoms with Crippen molar-refractivity contribution in [3.05, 3.63) is 107 Å². The molecule has 2 heterocycles. The quantitative estimate of drug-likeness (QED) is 0.340. The molecule has 1 aromatic heterocycles. The van der Waals surface area contributed by atoms with Crippen LogP contribution in [0.2, 0.25) is 0 Å². The number of rotatable bonds is 7. The number of ether oxygens (including phenoxy) is 2. The van der Waals surface area contributed by atoms with Gasteiger partial charge in [0, 0.05) is 28.4 Å². The van der Waals surface area contributed by atoms with Crippen LogP contribution in [0.3, 0.4) is 0 Å². The zero-order valence-corrected chi connectivity index (χ0v) is 20.5. The van der Waals surface area contributed by atoms with Crippen molar-refractivity contribution in [3.8, 4) is 22.8 Å². The minimum Gasteiger partial charge on any atom is -0.503 e. The summed E-state index contributed by atoms with van der Waals surface area (Å²) >= 11 is 0. The van der Waals surface area contributed by atoms with Gasteiger partial charge in [-0.1, -0.05) is 23.4 Å². The summed E-state index contributed by atoms with van der Waals surface area (Å²) in [6.45, 7) is 1.83. The number of anilines is 1. The zero-order valence-electron chi connectivity index (χ0n) is 20.5. The molecule has 0 radical (unpaired) electrons. The number of aliphatic hydroxyl groups excluding tert-OH is 1. The summed E-state index contributed by atoms with van der Waals surface area (Å²) in [5, 5.41) is 14.9. The van der Waals surface area contributed by atoms with Crippen LogP contribution in [0.1, 0.15) is 27.7 Å². The highest BCUT2D eigenvalue weighted by Gasteiger charge is 2.45. The lowest BCUT2D eigenvalue weighted by atomic mass is 9.92. The Morgan fingerprint density at radius 2 is 1.68 bits per heavy atom. The normalized spacial score (nSPS) is 15.3. The molecule has 4 aromatic rings. The Bertz CT molecular complexity index is 1500. The number of benzene rings is 3. The van der Waals surface area contributed by atoms with E-state index in [0.29, 0.717) is 34.1 Å². The number of Topliss-reactive ketones (excluding diaryl/α,β-unsaturated/α-hetero) is 1. The SMILES string of the molecule is COc1ccc(C(=O)C2=C(O)C(=O)N(c3ccc(-c4cc(C)no4)cc3)C2c2ccccc2OC)cc1. The first kappa shape index (κ1) is 23.9. The molecule has 5 rings (SSSR count). The van der Waals surface area contributed by atoms with E-state index in [-0.39, 0.29) is 5.57 Å². The molecule has 0 saturated carbocycles. The van der Waals surface area contributed by atoms with Gasteiger partial charge in [0.1, 0.15) is 11.5 Å². The van der Waals surface area contributed by atoms with Gasteiger partial charge in [0.05, 0.1) is 31.5 Å². The fourth-order valence-corrected chi connectivity index (χ4v) is 4.47. The van der Waals surface area contributed by atoms with Crippen molar-refractivity contribution in [3.63, 3.8) is 0 Å². The predicted molar refractivity (Wildman–Crippen MR) is 137 cm³/mol. The third kappa shape index (κ3) is 4.23. The number of amides is 1. The second-order valence-corrected chi connectivity index (χ2v) is 8.52. The maximum absolute atomic E-state index is 13.7. The van der Waals surface area contributed by atoms with E-state index in [1.54, 1.807) is 72.8 Å². The van der Waals surface area contributed by atoms with Crippen molar-refractivity contribution < 1.29 is 28.7 Å². The van der Waals surface area contributed by atoms with E-state index >= 15 is 0 Å². The molecule has 0 spiro atoms. The maximum atomic E-state index is 13.7. The lowest BCUT2D eigenvalue weighted by molar-refractivity contribution is -0.117. The molecule has 1 atom stereocenters. The van der Waals surface area contributed by atoms with Crippen molar-refractivity contribution in [1.82, 2.24) is 5.16 Å². The summed E-state index contributed by atoms with van der Waals surface area (Å²) in [6, 6.07) is 21.6. The number of methoxy groups -OCH3 is 2. The summed E-state index contributed by atoms with van der Waals surface area (Å²) in [5.41, 5.74) is 2.86. The fourth-order valence-electron chi connectivity index (χ4n) is 4.47. The molecule has 0 aliphatic carbocycles. The standard InChI is InChI=1S/C29H24N2O6/c1-17-16-24(37-30-17)18-8-12-20(13-9-18)31-26(22-6-4-5-7-23(22)36-3)25(28(33)29(31)34)27(32)19-10-14-21(35-2)15-11-19/h4-16,26,33H,1-3H3. The van der Waals surface area contributed by atoms with Crippen molar-refractivity contribution in [2.75, 3.05) is 19.1 Å². The average Bonchev–Trinajstić information content (AvgIpc) is 3.49. The molecule has 0 saturated heterocycles. The van der Waals surface area contributed by atoms with E-state index in [2.05, 4.69) is 5.16 Å². The number of carbonyl (C=O) groups is 2. The molecule has 186 valence electrons. The molecule has 8 nitrogen and oxygen atoms in total. The monoisotopic (exact) mass is 496 g/mol. The molecule has 0 bridgehead atoms. The lowest BCUT2D eigenvalue weighted by Gasteiger charge is -2.28. The molecular formula is C29H24N2O6. The topological polar surface area (TPSA) is 102 Å². The Kier molecular flexibility index (Phi) is 6.23. The summed E-state index contributed by atoms with van der Waals surface area (Å²) in [7, 11) is 3.05. The Balaban J connectivity index is 1.61. The summed E-state index contributed by atoms with van der Waals surface area (Å²) < 4.78 is 16.1. The molecule has 37 heavy (non-hydrogen) atoms. The van der Waals surface area contributed by atoms with Crippen molar-refractivity contribution >= 4 is 17.4 Å². The van der Waals surface area contributed by atoms with Crippen LogP contribution in [0.25, 0.3) is 11.3 Å². The number of ketones is 1. The van der Waals surface area contributed by atoms with Gasteiger partial charge in [-0.05, 0) is 61.5 Å². The highest BCUT2D eigenvalue weighted by atomic mass is 16.5. The molecule has 1 unspecified atom stereocenters. The molecule has 1 N–H and O–H groups in total. The average molecular weight is 497 g/mol. The van der Waals surface area contributed by atoms with Crippen LogP contribution in [0, 0.1) is 6.92 Å². The first-order valence-corrected chi connectivity index (χ1v) is 11.5. The molecule has 1 amide bonds. The number of aryl methyl sites for hydroxylation is 1. The van der Waals surface area contributed by atoms with Gasteiger partial charge in [-0.25, -0.2) is 0 Å². The van der Waals surface area contributed by atoms with Gasteiger partial charge in [-0.2, -0.15) is 0 Å². The summed E-state index contributed by atoms with van der Waals surface area (Å²) in [6.07, 6.45) is 0. The molecule has 8 heteroatoms. The summed E-state index contributed by atoms with van der Waals surface area (Å²) in [5.74, 6) is -0.103. The van der Waals surface area contributed by atoms with Gasteiger partial charge in [0.2, 0.25) is 0 Å². The highest BCUT2D eigenvalue weighted by molar-refractivity contribution is 6.21. The van der Waals surface area contributed by atoms with Crippen molar-refractivity contribution in [1.29, 1.82) is 0 Å². The number of nitrogens with zero attached hydrogens (tertiary/aromatic N) is 2. The predicted octanol–water partition coefficient (Wildman–Crippen LogP) is 5.45. The molecule has 3 aromatic carbocycles. The van der Waals surface area contributed by atoms with Gasteiger partial charge >= 0.3 is 0 Å². The number of aromatic nitrogens is 1. The van der Waals surface area contributed by atoms with Crippen LogP contribution in [0.15, 0.2) is 94.7 Å². The fraction of sp³-hybridized carbons (Fsp3) is 0.138. The second-order valence-electron chi connectivity index (χ2n) is 8.52. The van der Waals surface area contributed by atoms with Gasteiger partial charge in [-0.15, -0.1) is 0 Å². The number of aliphatic hydroxyl groups is 1. The first-order chi connectivity index (χ1) is 17.9. The molecule has 1 aliphatic rings. The van der Waals surface area contributed by atoms with Crippen molar-refractivity contribution in [2.24, 2.45) is 0 Å². The Morgan fingerprint density at radius 3 is 2.30 bits per heavy atom. The lowest BCUT2D eigenvalue weighted by Crippen LogP contribution is -2.31. The number of hydrogen-bond donors (Lipinski definition) is 1. The van der Waals surface area contributed by atoms with Crippen LogP contribution < -0.4 is 14.4 Å². The number of para-hydroxylation sites is 1. The third-order valence-corrected chi connectivity index (χ3v) is 6.30. The van der Waals surface area contributed by atoms with Crippen LogP contribution in [-0.2, 0) is 4.79 Å². The molecule has 0 fully saturated rings. The largest absolute Gasteiger partial charge is 0.503 e. The van der Waals surface area contributed by atoms with Crippen LogP contribution in [-0.4, -0.2) is 36.2 Å². The second kappa shape index (κ2) is 9.66. The number of carbonyl (C=O) groups excluding carboxylic acids is 2. The van der Waals surface area contributed by atoms with E-state index in [1.165, 1.54) is 19.1 Å². The van der Waals surface area contributed by atoms with Gasteiger partial charge in [-0.3, -0.25) is 14.5 Å². The molecule has 1 aliphatic heterocycles. The highest BCUT2D eigenvalue weighted by Crippen LogP contribution is 2.45.